The van der Waals surface area contributed by atoms with E-state index in [9.17, 15) is 4.79 Å². The Hall–Kier alpha value is -0.670. The van der Waals surface area contributed by atoms with Crippen LogP contribution in [0, 0.1) is 0 Å². The summed E-state index contributed by atoms with van der Waals surface area (Å²) in [7, 11) is 3.06. The van der Waals surface area contributed by atoms with Crippen LogP contribution >= 0.6 is 0 Å². The summed E-state index contributed by atoms with van der Waals surface area (Å²) >= 11 is 0. The van der Waals surface area contributed by atoms with E-state index < -0.39 is 6.29 Å². The average molecular weight is 156 g/mol. The Kier molecular flexibility index (Phi) is 2.79. The molecule has 0 aromatic carbocycles. The lowest BCUT2D eigenvalue weighted by Crippen LogP contribution is -2.19. The molecule has 0 amide bonds. The van der Waals surface area contributed by atoms with Crippen LogP contribution in [0.3, 0.4) is 0 Å². The van der Waals surface area contributed by atoms with E-state index in [4.69, 9.17) is 9.47 Å². The number of carbonyl (C=O) groups excluding carboxylic acids is 1. The van der Waals surface area contributed by atoms with Gasteiger partial charge in [0.1, 0.15) is 0 Å². The number of allylic oxidation sites excluding steroid dienone is 1. The highest BCUT2D eigenvalue weighted by Gasteiger charge is 2.23. The molecule has 0 atom stereocenters. The Bertz CT molecular complexity index is 180. The highest BCUT2D eigenvalue weighted by Crippen LogP contribution is 2.19. The third-order valence-electron chi connectivity index (χ3n) is 1.74. The lowest BCUT2D eigenvalue weighted by Gasteiger charge is -2.12. The van der Waals surface area contributed by atoms with Crippen molar-refractivity contribution in [2.45, 2.75) is 19.1 Å². The number of carbonyl (C=O) groups is 1. The zero-order valence-corrected chi connectivity index (χ0v) is 6.79. The monoisotopic (exact) mass is 156 g/mol. The molecule has 62 valence electrons. The molecule has 0 heterocycles. The van der Waals surface area contributed by atoms with Crippen LogP contribution in [-0.2, 0) is 14.3 Å². The van der Waals surface area contributed by atoms with Gasteiger partial charge in [0.25, 0.3) is 0 Å². The topological polar surface area (TPSA) is 35.5 Å². The van der Waals surface area contributed by atoms with Crippen LogP contribution in [-0.4, -0.2) is 26.3 Å². The van der Waals surface area contributed by atoms with Crippen molar-refractivity contribution in [3.8, 4) is 0 Å². The van der Waals surface area contributed by atoms with E-state index >= 15 is 0 Å². The molecule has 0 spiro atoms. The van der Waals surface area contributed by atoms with Crippen molar-refractivity contribution in [2.75, 3.05) is 14.2 Å². The van der Waals surface area contributed by atoms with Gasteiger partial charge in [0.15, 0.2) is 12.1 Å². The number of hydrogen-bond donors (Lipinski definition) is 0. The third-order valence-corrected chi connectivity index (χ3v) is 1.74. The second-order valence-electron chi connectivity index (χ2n) is 2.42. The Balaban J connectivity index is 2.64. The summed E-state index contributed by atoms with van der Waals surface area (Å²) in [5.74, 6) is 0.138. The minimum absolute atomic E-state index is 0.138. The smallest absolute Gasteiger partial charge is 0.186 e. The van der Waals surface area contributed by atoms with Gasteiger partial charge in [-0.3, -0.25) is 4.79 Å². The number of ketones is 1. The SMILES string of the molecule is COC(OC)C1=CCCC1=O. The quantitative estimate of drug-likeness (QED) is 0.569. The molecule has 0 N–H and O–H groups in total. The molecule has 3 nitrogen and oxygen atoms in total. The molecule has 0 fully saturated rings. The first-order chi connectivity index (χ1) is 5.29. The first-order valence-corrected chi connectivity index (χ1v) is 3.58. The van der Waals surface area contributed by atoms with Gasteiger partial charge < -0.3 is 9.47 Å². The van der Waals surface area contributed by atoms with E-state index in [0.717, 1.165) is 6.42 Å². The highest BCUT2D eigenvalue weighted by atomic mass is 16.7. The molecular weight excluding hydrogens is 144 g/mol. The van der Waals surface area contributed by atoms with Crippen molar-refractivity contribution in [3.63, 3.8) is 0 Å². The van der Waals surface area contributed by atoms with Crippen LogP contribution in [0.1, 0.15) is 12.8 Å². The van der Waals surface area contributed by atoms with Gasteiger partial charge in [-0.15, -0.1) is 0 Å². The van der Waals surface area contributed by atoms with E-state index in [1.807, 2.05) is 6.08 Å². The molecule has 0 radical (unpaired) electrons. The maximum atomic E-state index is 11.1. The van der Waals surface area contributed by atoms with Crippen LogP contribution in [0.4, 0.5) is 0 Å². The maximum absolute atomic E-state index is 11.1. The normalized spacial score (nSPS) is 17.7. The molecule has 1 aliphatic carbocycles. The molecule has 0 bridgehead atoms. The second-order valence-corrected chi connectivity index (χ2v) is 2.42. The minimum Gasteiger partial charge on any atom is -0.352 e. The first-order valence-electron chi connectivity index (χ1n) is 3.58. The summed E-state index contributed by atoms with van der Waals surface area (Å²) in [6.45, 7) is 0. The molecule has 11 heavy (non-hydrogen) atoms. The van der Waals surface area contributed by atoms with Gasteiger partial charge in [-0.25, -0.2) is 0 Å². The van der Waals surface area contributed by atoms with Gasteiger partial charge in [-0.05, 0) is 6.42 Å². The molecule has 0 saturated carbocycles. The summed E-state index contributed by atoms with van der Waals surface area (Å²) < 4.78 is 9.88. The molecule has 0 aliphatic heterocycles. The Morgan fingerprint density at radius 1 is 1.45 bits per heavy atom. The molecule has 0 unspecified atom stereocenters. The van der Waals surface area contributed by atoms with Crippen molar-refractivity contribution < 1.29 is 14.3 Å². The fourth-order valence-corrected chi connectivity index (χ4v) is 1.19. The summed E-state index contributed by atoms with van der Waals surface area (Å²) in [6, 6.07) is 0. The fourth-order valence-electron chi connectivity index (χ4n) is 1.19. The van der Waals surface area contributed by atoms with Crippen molar-refractivity contribution >= 4 is 5.78 Å². The van der Waals surface area contributed by atoms with Gasteiger partial charge in [-0.2, -0.15) is 0 Å². The van der Waals surface area contributed by atoms with E-state index in [2.05, 4.69) is 0 Å². The zero-order chi connectivity index (χ0) is 8.27. The molecule has 3 heteroatoms. The maximum Gasteiger partial charge on any atom is 0.186 e. The first kappa shape index (κ1) is 8.43. The summed E-state index contributed by atoms with van der Waals surface area (Å²) in [6.07, 6.45) is 2.82. The number of ether oxygens (including phenoxy) is 2. The van der Waals surface area contributed by atoms with Gasteiger partial charge in [0, 0.05) is 26.2 Å². The molecule has 1 aliphatic rings. The Morgan fingerprint density at radius 2 is 2.09 bits per heavy atom. The summed E-state index contributed by atoms with van der Waals surface area (Å²) in [5.41, 5.74) is 0.662. The van der Waals surface area contributed by atoms with Crippen LogP contribution < -0.4 is 0 Å². The number of hydrogen-bond acceptors (Lipinski definition) is 3. The molecule has 0 saturated heterocycles. The van der Waals surface area contributed by atoms with Gasteiger partial charge >= 0.3 is 0 Å². The van der Waals surface area contributed by atoms with Crippen LogP contribution in [0.15, 0.2) is 11.6 Å². The summed E-state index contributed by atoms with van der Waals surface area (Å²) in [4.78, 5) is 11.1. The summed E-state index contributed by atoms with van der Waals surface area (Å²) in [5, 5.41) is 0. The molecule has 0 aromatic rings. The van der Waals surface area contributed by atoms with Crippen LogP contribution in [0.5, 0.6) is 0 Å². The number of methoxy groups -OCH3 is 2. The molecular formula is C8H12O3. The number of rotatable bonds is 3. The second kappa shape index (κ2) is 3.64. The van der Waals surface area contributed by atoms with Crippen LogP contribution in [0.2, 0.25) is 0 Å². The fraction of sp³-hybridized carbons (Fsp3) is 0.625. The molecule has 1 rings (SSSR count). The molecule has 0 aromatic heterocycles. The lowest BCUT2D eigenvalue weighted by atomic mass is 10.2. The zero-order valence-electron chi connectivity index (χ0n) is 6.79. The van der Waals surface area contributed by atoms with Crippen molar-refractivity contribution in [1.29, 1.82) is 0 Å². The van der Waals surface area contributed by atoms with E-state index in [1.165, 1.54) is 14.2 Å². The van der Waals surface area contributed by atoms with E-state index in [-0.39, 0.29) is 5.78 Å². The lowest BCUT2D eigenvalue weighted by molar-refractivity contribution is -0.122. The van der Waals surface area contributed by atoms with Crippen molar-refractivity contribution in [2.24, 2.45) is 0 Å². The van der Waals surface area contributed by atoms with Crippen LogP contribution in [0.25, 0.3) is 0 Å². The highest BCUT2D eigenvalue weighted by molar-refractivity contribution is 5.98. The largest absolute Gasteiger partial charge is 0.352 e. The van der Waals surface area contributed by atoms with Crippen molar-refractivity contribution in [1.82, 2.24) is 0 Å². The third kappa shape index (κ3) is 1.67. The average Bonchev–Trinajstić information content (AvgIpc) is 2.40. The predicted molar refractivity (Wildman–Crippen MR) is 40.1 cm³/mol. The predicted octanol–water partition coefficient (Wildman–Crippen LogP) is 0.895. The van der Waals surface area contributed by atoms with Gasteiger partial charge in [-0.1, -0.05) is 6.08 Å². The minimum atomic E-state index is -0.468. The Morgan fingerprint density at radius 3 is 2.45 bits per heavy atom. The van der Waals surface area contributed by atoms with E-state index in [1.54, 1.807) is 0 Å². The Labute approximate surface area is 66.0 Å². The van der Waals surface area contributed by atoms with E-state index in [0.29, 0.717) is 12.0 Å². The van der Waals surface area contributed by atoms with Gasteiger partial charge in [0.2, 0.25) is 0 Å². The standard InChI is InChI=1S/C8H12O3/c1-10-8(11-2)6-4-3-5-7(6)9/h4,8H,3,5H2,1-2H3. The van der Waals surface area contributed by atoms with Crippen molar-refractivity contribution in [3.05, 3.63) is 11.6 Å². The number of Topliss-reactive ketones (excluding diaryl/α,β-unsaturated/α-hetero) is 1. The van der Waals surface area contributed by atoms with Gasteiger partial charge in [0.05, 0.1) is 0 Å².